The monoisotopic (exact) mass is 410 g/mol. The largest absolute Gasteiger partial charge is 0.496 e. The van der Waals surface area contributed by atoms with Gasteiger partial charge in [-0.2, -0.15) is 0 Å². The van der Waals surface area contributed by atoms with Crippen molar-refractivity contribution in [3.63, 3.8) is 0 Å². The van der Waals surface area contributed by atoms with Crippen LogP contribution in [-0.4, -0.2) is 14.2 Å². The quantitative estimate of drug-likeness (QED) is 0.640. The molecular weight excluding hydrogens is 396 g/mol. The van der Waals surface area contributed by atoms with Gasteiger partial charge in [0.15, 0.2) is 0 Å². The maximum atomic E-state index is 5.54. The smallest absolute Gasteiger partial charge is 0.133 e. The van der Waals surface area contributed by atoms with Crippen LogP contribution in [0.2, 0.25) is 0 Å². The molecule has 0 heterocycles. The first-order valence-electron chi connectivity index (χ1n) is 6.79. The van der Waals surface area contributed by atoms with Crippen LogP contribution < -0.4 is 9.47 Å². The number of fused-ring (bicyclic) bond motifs is 1. The van der Waals surface area contributed by atoms with Gasteiger partial charge >= 0.3 is 0 Å². The van der Waals surface area contributed by atoms with E-state index in [1.54, 1.807) is 14.2 Å². The summed E-state index contributed by atoms with van der Waals surface area (Å²) in [5.41, 5.74) is 3.98. The number of methoxy groups -OCH3 is 2. The Kier molecular flexibility index (Phi) is 4.27. The van der Waals surface area contributed by atoms with E-state index >= 15 is 0 Å². The van der Waals surface area contributed by atoms with Gasteiger partial charge in [0.05, 0.1) is 23.5 Å². The Balaban J connectivity index is 1.97. The molecule has 0 bridgehead atoms. The van der Waals surface area contributed by atoms with Crippen LogP contribution in [0.3, 0.4) is 0 Å². The molecule has 2 nitrogen and oxygen atoms in total. The normalized spacial score (nSPS) is 17.6. The lowest BCUT2D eigenvalue weighted by molar-refractivity contribution is 0.394. The molecule has 4 heteroatoms. The lowest BCUT2D eigenvalue weighted by Gasteiger charge is -2.34. The van der Waals surface area contributed by atoms with Crippen LogP contribution in [0.5, 0.6) is 11.5 Å². The van der Waals surface area contributed by atoms with Gasteiger partial charge in [-0.05, 0) is 45.6 Å². The molecule has 110 valence electrons. The highest BCUT2D eigenvalue weighted by molar-refractivity contribution is 9.10. The number of benzene rings is 2. The van der Waals surface area contributed by atoms with E-state index in [0.717, 1.165) is 28.0 Å². The standard InChI is InChI=1S/C17H16Br2O2/c1-20-15-9-14(18)16(21-2)8-13(15)17(19)12-7-10-5-3-4-6-11(10)12/h3-6,8-9,12,17H,7H2,1-2H3. The van der Waals surface area contributed by atoms with Crippen LogP contribution in [0.25, 0.3) is 0 Å². The van der Waals surface area contributed by atoms with E-state index in [4.69, 9.17) is 9.47 Å². The zero-order chi connectivity index (χ0) is 15.0. The van der Waals surface area contributed by atoms with Crippen LogP contribution in [0, 0.1) is 0 Å². The van der Waals surface area contributed by atoms with Crippen molar-refractivity contribution in [2.45, 2.75) is 17.2 Å². The highest BCUT2D eigenvalue weighted by Crippen LogP contribution is 2.51. The number of hydrogen-bond acceptors (Lipinski definition) is 2. The molecule has 0 aromatic heterocycles. The number of hydrogen-bond donors (Lipinski definition) is 0. The Bertz CT molecular complexity index is 670. The summed E-state index contributed by atoms with van der Waals surface area (Å²) in [5.74, 6) is 2.16. The number of halogens is 2. The minimum Gasteiger partial charge on any atom is -0.496 e. The van der Waals surface area contributed by atoms with Crippen molar-refractivity contribution in [1.29, 1.82) is 0 Å². The third kappa shape index (κ3) is 2.59. The van der Waals surface area contributed by atoms with Gasteiger partial charge in [0.1, 0.15) is 11.5 Å². The molecular formula is C17H16Br2O2. The lowest BCUT2D eigenvalue weighted by atomic mass is 9.74. The summed E-state index contributed by atoms with van der Waals surface area (Å²) < 4.78 is 11.9. The highest BCUT2D eigenvalue weighted by atomic mass is 79.9. The second-order valence-corrected chi connectivity index (χ2v) is 6.98. The molecule has 0 spiro atoms. The molecule has 0 saturated heterocycles. The maximum Gasteiger partial charge on any atom is 0.133 e. The molecule has 21 heavy (non-hydrogen) atoms. The van der Waals surface area contributed by atoms with Gasteiger partial charge < -0.3 is 9.47 Å². The summed E-state index contributed by atoms with van der Waals surface area (Å²) in [6.07, 6.45) is 1.09. The molecule has 1 aliphatic carbocycles. The van der Waals surface area contributed by atoms with Crippen molar-refractivity contribution in [3.8, 4) is 11.5 Å². The topological polar surface area (TPSA) is 18.5 Å². The van der Waals surface area contributed by atoms with Gasteiger partial charge in [0.25, 0.3) is 0 Å². The first-order valence-corrected chi connectivity index (χ1v) is 8.50. The van der Waals surface area contributed by atoms with Crippen LogP contribution in [-0.2, 0) is 6.42 Å². The summed E-state index contributed by atoms with van der Waals surface area (Å²) in [7, 11) is 3.38. The van der Waals surface area contributed by atoms with Gasteiger partial charge in [0, 0.05) is 11.5 Å². The predicted octanol–water partition coefficient (Wildman–Crippen LogP) is 5.24. The number of rotatable bonds is 4. The van der Waals surface area contributed by atoms with Crippen molar-refractivity contribution in [2.75, 3.05) is 14.2 Å². The van der Waals surface area contributed by atoms with E-state index in [9.17, 15) is 0 Å². The first kappa shape index (κ1) is 14.9. The number of ether oxygens (including phenoxy) is 2. The predicted molar refractivity (Wildman–Crippen MR) is 91.8 cm³/mol. The van der Waals surface area contributed by atoms with E-state index in [1.807, 2.05) is 12.1 Å². The molecule has 0 amide bonds. The molecule has 2 unspecified atom stereocenters. The summed E-state index contributed by atoms with van der Waals surface area (Å²) in [5, 5.41) is 0. The van der Waals surface area contributed by atoms with Gasteiger partial charge in [0.2, 0.25) is 0 Å². The Morgan fingerprint density at radius 1 is 1.10 bits per heavy atom. The Hall–Kier alpha value is -1.00. The molecule has 0 radical (unpaired) electrons. The van der Waals surface area contributed by atoms with Crippen LogP contribution in [0.15, 0.2) is 40.9 Å². The second-order valence-electron chi connectivity index (χ2n) is 5.14. The van der Waals surface area contributed by atoms with Crippen molar-refractivity contribution < 1.29 is 9.47 Å². The number of alkyl halides is 1. The van der Waals surface area contributed by atoms with Gasteiger partial charge in [-0.15, -0.1) is 0 Å². The van der Waals surface area contributed by atoms with Gasteiger partial charge in [-0.3, -0.25) is 0 Å². The van der Waals surface area contributed by atoms with Crippen molar-refractivity contribution in [3.05, 3.63) is 57.6 Å². The first-order chi connectivity index (χ1) is 10.2. The van der Waals surface area contributed by atoms with E-state index in [-0.39, 0.29) is 4.83 Å². The summed E-state index contributed by atoms with van der Waals surface area (Å²) >= 11 is 7.37. The lowest BCUT2D eigenvalue weighted by Crippen LogP contribution is -2.21. The fourth-order valence-corrected chi connectivity index (χ4v) is 4.19. The van der Waals surface area contributed by atoms with Crippen molar-refractivity contribution in [2.24, 2.45) is 0 Å². The van der Waals surface area contributed by atoms with E-state index < -0.39 is 0 Å². The van der Waals surface area contributed by atoms with Crippen molar-refractivity contribution >= 4 is 31.9 Å². The Morgan fingerprint density at radius 2 is 1.81 bits per heavy atom. The third-order valence-corrected chi connectivity index (χ3v) is 5.80. The Labute approximate surface area is 141 Å². The molecule has 0 fully saturated rings. The Morgan fingerprint density at radius 3 is 2.48 bits per heavy atom. The summed E-state index contributed by atoms with van der Waals surface area (Å²) in [4.78, 5) is 0.212. The molecule has 0 aliphatic heterocycles. The third-order valence-electron chi connectivity index (χ3n) is 4.05. The molecule has 3 rings (SSSR count). The molecule has 2 aromatic rings. The molecule has 2 aromatic carbocycles. The van der Waals surface area contributed by atoms with Gasteiger partial charge in [-0.1, -0.05) is 40.2 Å². The molecule has 0 N–H and O–H groups in total. The average molecular weight is 412 g/mol. The van der Waals surface area contributed by atoms with E-state index in [2.05, 4.69) is 56.1 Å². The van der Waals surface area contributed by atoms with Crippen LogP contribution >= 0.6 is 31.9 Å². The SMILES string of the molecule is COc1cc(C(Br)C2Cc3ccccc32)c(OC)cc1Br. The average Bonchev–Trinajstić information content (AvgIpc) is 2.48. The van der Waals surface area contributed by atoms with Gasteiger partial charge in [-0.25, -0.2) is 0 Å². The fourth-order valence-electron chi connectivity index (χ4n) is 2.88. The summed E-state index contributed by atoms with van der Waals surface area (Å²) in [6.45, 7) is 0. The molecule has 0 saturated carbocycles. The highest BCUT2D eigenvalue weighted by Gasteiger charge is 2.34. The molecule has 1 aliphatic rings. The zero-order valence-corrected chi connectivity index (χ0v) is 15.1. The minimum absolute atomic E-state index is 0.212. The van der Waals surface area contributed by atoms with Crippen LogP contribution in [0.4, 0.5) is 0 Å². The van der Waals surface area contributed by atoms with Crippen LogP contribution in [0.1, 0.15) is 27.4 Å². The van der Waals surface area contributed by atoms with Crippen molar-refractivity contribution in [1.82, 2.24) is 0 Å². The minimum atomic E-state index is 0.212. The molecule has 2 atom stereocenters. The fraction of sp³-hybridized carbons (Fsp3) is 0.294. The van der Waals surface area contributed by atoms with E-state index in [1.165, 1.54) is 11.1 Å². The summed E-state index contributed by atoms with van der Waals surface area (Å²) in [6, 6.07) is 12.6. The zero-order valence-electron chi connectivity index (χ0n) is 11.9. The second kappa shape index (κ2) is 6.01. The van der Waals surface area contributed by atoms with E-state index in [0.29, 0.717) is 5.92 Å². The maximum absolute atomic E-state index is 5.54.